The highest BCUT2D eigenvalue weighted by atomic mass is 16.5. The van der Waals surface area contributed by atoms with Gasteiger partial charge in [-0.15, -0.1) is 0 Å². The van der Waals surface area contributed by atoms with Gasteiger partial charge in [-0.2, -0.15) is 5.10 Å². The molecule has 0 aliphatic carbocycles. The molecule has 1 atom stereocenters. The van der Waals surface area contributed by atoms with Gasteiger partial charge in [0.25, 0.3) is 0 Å². The van der Waals surface area contributed by atoms with Gasteiger partial charge in [0, 0.05) is 17.1 Å². The fourth-order valence-electron chi connectivity index (χ4n) is 3.13. The summed E-state index contributed by atoms with van der Waals surface area (Å²) in [6, 6.07) is 18.0. The Balaban J connectivity index is 1.34. The Labute approximate surface area is 169 Å². The van der Waals surface area contributed by atoms with E-state index in [4.69, 9.17) is 15.2 Å². The van der Waals surface area contributed by atoms with Crippen LogP contribution in [0.3, 0.4) is 0 Å². The van der Waals surface area contributed by atoms with Gasteiger partial charge in [-0.25, -0.2) is 0 Å². The molecule has 4 aromatic rings. The molecule has 0 saturated heterocycles. The minimum Gasteiger partial charge on any atom is -0.490 e. The molecule has 6 heteroatoms. The van der Waals surface area contributed by atoms with Gasteiger partial charge in [0.2, 0.25) is 0 Å². The summed E-state index contributed by atoms with van der Waals surface area (Å²) in [5.41, 5.74) is 11.3. The zero-order valence-electron chi connectivity index (χ0n) is 16.3. The van der Waals surface area contributed by atoms with E-state index in [0.29, 0.717) is 25.6 Å². The Bertz CT molecular complexity index is 1080. The Morgan fingerprint density at radius 1 is 1.00 bits per heavy atom. The van der Waals surface area contributed by atoms with Crippen LogP contribution in [0.25, 0.3) is 22.0 Å². The lowest BCUT2D eigenvalue weighted by Crippen LogP contribution is -2.32. The average molecular weight is 388 g/mol. The first kappa shape index (κ1) is 19.1. The summed E-state index contributed by atoms with van der Waals surface area (Å²) in [6.45, 7) is 3.32. The summed E-state index contributed by atoms with van der Waals surface area (Å²) in [5.74, 6) is 0.685. The van der Waals surface area contributed by atoms with Crippen molar-refractivity contribution in [2.24, 2.45) is 5.73 Å². The van der Waals surface area contributed by atoms with Gasteiger partial charge in [0.1, 0.15) is 12.4 Å². The van der Waals surface area contributed by atoms with Crippen molar-refractivity contribution in [3.05, 3.63) is 78.2 Å². The van der Waals surface area contributed by atoms with E-state index in [1.807, 2.05) is 61.7 Å². The van der Waals surface area contributed by atoms with Crippen molar-refractivity contribution >= 4 is 10.9 Å². The standard InChI is InChI=1S/C23H24N4O2/c1-16-22-10-18(7-8-23(22)27-26-16)19-9-21(12-25-11-19)29-15-20(24)14-28-13-17-5-3-2-4-6-17/h2-12,20H,13-15,24H2,1H3,(H,26,27)/t20-/m0/s1. The van der Waals surface area contributed by atoms with E-state index in [0.717, 1.165) is 33.3 Å². The van der Waals surface area contributed by atoms with Crippen molar-refractivity contribution in [1.82, 2.24) is 15.2 Å². The third-order valence-electron chi connectivity index (χ3n) is 4.71. The fourth-order valence-corrected chi connectivity index (χ4v) is 3.13. The van der Waals surface area contributed by atoms with Crippen LogP contribution < -0.4 is 10.5 Å². The van der Waals surface area contributed by atoms with Crippen LogP contribution in [0.5, 0.6) is 5.75 Å². The normalized spacial score (nSPS) is 12.2. The molecule has 2 aromatic carbocycles. The molecule has 4 rings (SSSR count). The Morgan fingerprint density at radius 2 is 1.86 bits per heavy atom. The number of hydrogen-bond donors (Lipinski definition) is 2. The number of aryl methyl sites for hydroxylation is 1. The quantitative estimate of drug-likeness (QED) is 0.479. The highest BCUT2D eigenvalue weighted by Gasteiger charge is 2.08. The van der Waals surface area contributed by atoms with Crippen molar-refractivity contribution in [1.29, 1.82) is 0 Å². The molecule has 0 aliphatic heterocycles. The lowest BCUT2D eigenvalue weighted by Gasteiger charge is -2.14. The fraction of sp³-hybridized carbons (Fsp3) is 0.217. The number of H-pyrrole nitrogens is 1. The van der Waals surface area contributed by atoms with Crippen molar-refractivity contribution in [2.45, 2.75) is 19.6 Å². The Morgan fingerprint density at radius 3 is 2.72 bits per heavy atom. The second-order valence-electron chi connectivity index (χ2n) is 7.05. The predicted molar refractivity (Wildman–Crippen MR) is 114 cm³/mol. The molecule has 29 heavy (non-hydrogen) atoms. The van der Waals surface area contributed by atoms with Gasteiger partial charge in [-0.3, -0.25) is 10.1 Å². The van der Waals surface area contributed by atoms with E-state index >= 15 is 0 Å². The van der Waals surface area contributed by atoms with Crippen molar-refractivity contribution < 1.29 is 9.47 Å². The number of ether oxygens (including phenoxy) is 2. The van der Waals surface area contributed by atoms with Crippen LogP contribution in [-0.4, -0.2) is 34.4 Å². The summed E-state index contributed by atoms with van der Waals surface area (Å²) in [4.78, 5) is 4.31. The second kappa shape index (κ2) is 8.86. The monoisotopic (exact) mass is 388 g/mol. The van der Waals surface area contributed by atoms with Gasteiger partial charge in [0.15, 0.2) is 0 Å². The molecule has 3 N–H and O–H groups in total. The Kier molecular flexibility index (Phi) is 5.84. The van der Waals surface area contributed by atoms with Crippen molar-refractivity contribution in [3.63, 3.8) is 0 Å². The third kappa shape index (κ3) is 4.80. The maximum atomic E-state index is 6.12. The number of hydrogen-bond acceptors (Lipinski definition) is 5. The molecule has 0 spiro atoms. The SMILES string of the molecule is Cc1n[nH]c2ccc(-c3cncc(OC[C@@H](N)COCc4ccccc4)c3)cc12. The molecular weight excluding hydrogens is 364 g/mol. The van der Waals surface area contributed by atoms with Crippen molar-refractivity contribution in [2.75, 3.05) is 13.2 Å². The average Bonchev–Trinajstić information content (AvgIpc) is 3.13. The number of rotatable bonds is 8. The highest BCUT2D eigenvalue weighted by molar-refractivity contribution is 5.86. The summed E-state index contributed by atoms with van der Waals surface area (Å²) in [7, 11) is 0. The number of pyridine rings is 1. The van der Waals surface area contributed by atoms with E-state index in [1.165, 1.54) is 0 Å². The molecule has 0 radical (unpaired) electrons. The van der Waals surface area contributed by atoms with Crippen LogP contribution >= 0.6 is 0 Å². The first-order valence-corrected chi connectivity index (χ1v) is 9.59. The maximum Gasteiger partial charge on any atom is 0.138 e. The summed E-state index contributed by atoms with van der Waals surface area (Å²) in [6.07, 6.45) is 3.52. The number of nitrogens with zero attached hydrogens (tertiary/aromatic N) is 2. The van der Waals surface area contributed by atoms with Crippen LogP contribution in [0, 0.1) is 6.92 Å². The number of aromatic nitrogens is 3. The largest absolute Gasteiger partial charge is 0.490 e. The van der Waals surface area contributed by atoms with Crippen molar-refractivity contribution in [3.8, 4) is 16.9 Å². The van der Waals surface area contributed by atoms with E-state index in [2.05, 4.69) is 21.2 Å². The van der Waals surface area contributed by atoms with E-state index in [1.54, 1.807) is 6.20 Å². The molecule has 0 amide bonds. The lowest BCUT2D eigenvalue weighted by atomic mass is 10.0. The molecular formula is C23H24N4O2. The van der Waals surface area contributed by atoms with Crippen LogP contribution in [0.4, 0.5) is 0 Å². The Hall–Kier alpha value is -3.22. The minimum atomic E-state index is -0.215. The lowest BCUT2D eigenvalue weighted by molar-refractivity contribution is 0.0935. The predicted octanol–water partition coefficient (Wildman–Crippen LogP) is 3.86. The zero-order valence-corrected chi connectivity index (χ0v) is 16.3. The highest BCUT2D eigenvalue weighted by Crippen LogP contribution is 2.26. The molecule has 6 nitrogen and oxygen atoms in total. The number of benzene rings is 2. The van der Waals surface area contributed by atoms with Crippen LogP contribution in [-0.2, 0) is 11.3 Å². The van der Waals surface area contributed by atoms with Crippen LogP contribution in [0.15, 0.2) is 67.0 Å². The zero-order chi connectivity index (χ0) is 20.1. The number of nitrogens with two attached hydrogens (primary N) is 1. The molecule has 2 heterocycles. The van der Waals surface area contributed by atoms with E-state index < -0.39 is 0 Å². The summed E-state index contributed by atoms with van der Waals surface area (Å²) in [5, 5.41) is 8.37. The smallest absolute Gasteiger partial charge is 0.138 e. The van der Waals surface area contributed by atoms with Crippen LogP contribution in [0.2, 0.25) is 0 Å². The number of aromatic amines is 1. The molecule has 0 unspecified atom stereocenters. The number of fused-ring (bicyclic) bond motifs is 1. The molecule has 0 saturated carbocycles. The maximum absolute atomic E-state index is 6.12. The van der Waals surface area contributed by atoms with Gasteiger partial charge < -0.3 is 15.2 Å². The van der Waals surface area contributed by atoms with E-state index in [-0.39, 0.29) is 6.04 Å². The molecule has 0 bridgehead atoms. The van der Waals surface area contributed by atoms with Crippen LogP contribution in [0.1, 0.15) is 11.3 Å². The molecule has 0 aliphatic rings. The van der Waals surface area contributed by atoms with Gasteiger partial charge in [-0.05, 0) is 36.2 Å². The van der Waals surface area contributed by atoms with Gasteiger partial charge in [-0.1, -0.05) is 36.4 Å². The minimum absolute atomic E-state index is 0.215. The second-order valence-corrected chi connectivity index (χ2v) is 7.05. The first-order valence-electron chi connectivity index (χ1n) is 9.59. The molecule has 0 fully saturated rings. The molecule has 2 aromatic heterocycles. The summed E-state index contributed by atoms with van der Waals surface area (Å²) < 4.78 is 11.5. The number of nitrogens with one attached hydrogen (secondary N) is 1. The van der Waals surface area contributed by atoms with E-state index in [9.17, 15) is 0 Å². The third-order valence-corrected chi connectivity index (χ3v) is 4.71. The van der Waals surface area contributed by atoms with Gasteiger partial charge >= 0.3 is 0 Å². The first-order chi connectivity index (χ1) is 14.2. The molecule has 148 valence electrons. The summed E-state index contributed by atoms with van der Waals surface area (Å²) >= 11 is 0. The topological polar surface area (TPSA) is 86.0 Å². The van der Waals surface area contributed by atoms with Gasteiger partial charge in [0.05, 0.1) is 36.7 Å².